The van der Waals surface area contributed by atoms with E-state index in [-0.39, 0.29) is 25.9 Å². The molecule has 0 aliphatic rings. The number of alkyl carbamates (subject to hydrolysis) is 1. The zero-order chi connectivity index (χ0) is 39.2. The van der Waals surface area contributed by atoms with Gasteiger partial charge >= 0.3 is 6.09 Å². The number of carbonyl (C=O) groups is 4. The second-order valence-electron chi connectivity index (χ2n) is 13.7. The lowest BCUT2D eigenvalue weighted by Crippen LogP contribution is -2.50. The Bertz CT molecular complexity index is 2080. The molecule has 7 N–H and O–H groups in total. The number of nitrogens with two attached hydrogens (primary N) is 1. The number of hydrogen-bond acceptors (Lipinski definition) is 6. The number of carbonyl (C=O) groups excluding carboxylic acids is 4. The van der Waals surface area contributed by atoms with Gasteiger partial charge in [0.15, 0.2) is 0 Å². The van der Waals surface area contributed by atoms with Crippen LogP contribution in [-0.2, 0) is 49.6 Å². The summed E-state index contributed by atoms with van der Waals surface area (Å²) in [6, 6.07) is 33.0. The molecule has 0 fully saturated rings. The molecule has 4 amide bonds. The molecule has 4 unspecified atom stereocenters. The van der Waals surface area contributed by atoms with Crippen molar-refractivity contribution in [2.45, 2.75) is 63.5 Å². The van der Waals surface area contributed by atoms with Crippen LogP contribution >= 0.6 is 7.37 Å². The maximum absolute atomic E-state index is 14.5. The monoisotopic (exact) mass is 765 g/mol. The predicted molar refractivity (Wildman–Crippen MR) is 212 cm³/mol. The Hall–Kier alpha value is -5.71. The van der Waals surface area contributed by atoms with E-state index in [0.29, 0.717) is 18.4 Å². The van der Waals surface area contributed by atoms with E-state index in [9.17, 15) is 28.6 Å². The van der Waals surface area contributed by atoms with Crippen LogP contribution in [0.5, 0.6) is 0 Å². The lowest BCUT2D eigenvalue weighted by atomic mass is 9.98. The Balaban J connectivity index is 1.33. The minimum Gasteiger partial charge on any atom is -0.445 e. The number of nitrogens with one attached hydrogen (secondary N) is 4. The average molecular weight is 766 g/mol. The number of para-hydroxylation sites is 1. The molecular formula is C42H48N5O7P. The predicted octanol–water partition coefficient (Wildman–Crippen LogP) is 5.59. The van der Waals surface area contributed by atoms with Crippen molar-refractivity contribution in [3.8, 4) is 0 Å². The van der Waals surface area contributed by atoms with Crippen LogP contribution in [0.2, 0.25) is 0 Å². The summed E-state index contributed by atoms with van der Waals surface area (Å²) >= 11 is 0. The fourth-order valence-corrected chi connectivity index (χ4v) is 8.47. The minimum absolute atomic E-state index is 0.00436. The second kappa shape index (κ2) is 19.6. The van der Waals surface area contributed by atoms with Crippen molar-refractivity contribution < 1.29 is 33.4 Å². The van der Waals surface area contributed by atoms with E-state index in [0.717, 1.165) is 27.6 Å². The smallest absolute Gasteiger partial charge is 0.408 e. The molecular weight excluding hydrogens is 717 g/mol. The van der Waals surface area contributed by atoms with Crippen LogP contribution in [0.25, 0.3) is 10.9 Å². The second-order valence-corrected chi connectivity index (χ2v) is 16.2. The minimum atomic E-state index is -4.39. The summed E-state index contributed by atoms with van der Waals surface area (Å²) in [7, 11) is -4.39. The fourth-order valence-electron chi connectivity index (χ4n) is 6.41. The first-order valence-corrected chi connectivity index (χ1v) is 20.2. The Morgan fingerprint density at radius 1 is 0.764 bits per heavy atom. The van der Waals surface area contributed by atoms with Gasteiger partial charge in [0, 0.05) is 42.0 Å². The van der Waals surface area contributed by atoms with Crippen molar-refractivity contribution in [2.24, 2.45) is 11.7 Å². The van der Waals surface area contributed by atoms with Crippen molar-refractivity contribution in [1.29, 1.82) is 0 Å². The number of primary amides is 1. The van der Waals surface area contributed by atoms with Gasteiger partial charge in [-0.25, -0.2) is 4.79 Å². The van der Waals surface area contributed by atoms with Crippen molar-refractivity contribution in [3.63, 3.8) is 0 Å². The summed E-state index contributed by atoms with van der Waals surface area (Å²) in [4.78, 5) is 67.7. The third kappa shape index (κ3) is 12.1. The molecule has 0 aliphatic heterocycles. The number of amides is 4. The molecule has 0 saturated heterocycles. The van der Waals surface area contributed by atoms with E-state index in [1.807, 2.05) is 72.8 Å². The molecule has 0 bridgehead atoms. The van der Waals surface area contributed by atoms with E-state index in [1.54, 1.807) is 48.7 Å². The summed E-state index contributed by atoms with van der Waals surface area (Å²) in [6.45, 7) is 1.44. The summed E-state index contributed by atoms with van der Waals surface area (Å²) in [5, 5.41) is 8.82. The molecule has 1 heterocycles. The molecule has 288 valence electrons. The number of fused-ring (bicyclic) bond motifs is 1. The Morgan fingerprint density at radius 2 is 1.36 bits per heavy atom. The van der Waals surface area contributed by atoms with Crippen LogP contribution in [0.4, 0.5) is 4.79 Å². The number of ether oxygens (including phenoxy) is 1. The normalized spacial score (nSPS) is 14.4. The lowest BCUT2D eigenvalue weighted by Gasteiger charge is -2.29. The van der Waals surface area contributed by atoms with Crippen LogP contribution in [0, 0.1) is 5.92 Å². The molecule has 0 spiro atoms. The first kappa shape index (κ1) is 40.5. The number of rotatable bonds is 19. The lowest BCUT2D eigenvalue weighted by molar-refractivity contribution is -0.129. The molecule has 0 radical (unpaired) electrons. The molecule has 1 aromatic heterocycles. The summed E-state index contributed by atoms with van der Waals surface area (Å²) < 4.78 is 19.7. The van der Waals surface area contributed by atoms with Crippen molar-refractivity contribution in [3.05, 3.63) is 144 Å². The highest BCUT2D eigenvalue weighted by molar-refractivity contribution is 7.58. The van der Waals surface area contributed by atoms with Gasteiger partial charge in [0.25, 0.3) is 0 Å². The Kier molecular flexibility index (Phi) is 14.4. The van der Waals surface area contributed by atoms with Crippen molar-refractivity contribution in [2.75, 3.05) is 6.16 Å². The van der Waals surface area contributed by atoms with E-state index < -0.39 is 61.1 Å². The van der Waals surface area contributed by atoms with Gasteiger partial charge in [-0.15, -0.1) is 0 Å². The van der Waals surface area contributed by atoms with Gasteiger partial charge in [-0.05, 0) is 54.5 Å². The first-order chi connectivity index (χ1) is 26.5. The van der Waals surface area contributed by atoms with E-state index in [2.05, 4.69) is 20.9 Å². The van der Waals surface area contributed by atoms with Gasteiger partial charge in [-0.3, -0.25) is 18.9 Å². The van der Waals surface area contributed by atoms with Crippen molar-refractivity contribution >= 4 is 42.1 Å². The van der Waals surface area contributed by atoms with E-state index in [1.165, 1.54) is 6.92 Å². The molecule has 12 nitrogen and oxygen atoms in total. The summed E-state index contributed by atoms with van der Waals surface area (Å²) in [5.74, 6) is -4.36. The molecule has 0 aliphatic carbocycles. The van der Waals surface area contributed by atoms with Gasteiger partial charge in [0.2, 0.25) is 25.1 Å². The molecule has 4 aromatic carbocycles. The number of H-pyrrole nitrogens is 1. The van der Waals surface area contributed by atoms with Crippen LogP contribution in [-0.4, -0.2) is 57.7 Å². The third-order valence-corrected chi connectivity index (χ3v) is 11.7. The van der Waals surface area contributed by atoms with Gasteiger partial charge in [-0.1, -0.05) is 109 Å². The first-order valence-electron chi connectivity index (χ1n) is 18.3. The van der Waals surface area contributed by atoms with Gasteiger partial charge < -0.3 is 36.3 Å². The zero-order valence-electron chi connectivity index (χ0n) is 30.7. The van der Waals surface area contributed by atoms with E-state index in [4.69, 9.17) is 10.5 Å². The number of benzene rings is 4. The highest BCUT2D eigenvalue weighted by Gasteiger charge is 2.38. The Morgan fingerprint density at radius 3 is 2.02 bits per heavy atom. The van der Waals surface area contributed by atoms with Crippen LogP contribution in [0.3, 0.4) is 0 Å². The molecule has 5 atom stereocenters. The SMILES string of the molecule is C[C@H](NC(=O)OCc1ccccc1)C(=O)NC(Cc1ccccc1)P(=O)(O)CC(CCCc1ccccc1)C(=O)NC(Cc1c[nH]c2ccccc12)C(N)=O. The maximum atomic E-state index is 14.5. The average Bonchev–Trinajstić information content (AvgIpc) is 3.59. The van der Waals surface area contributed by atoms with Crippen LogP contribution < -0.4 is 21.7 Å². The number of aryl methyl sites for hydroxylation is 1. The van der Waals surface area contributed by atoms with Crippen LogP contribution in [0.1, 0.15) is 42.0 Å². The van der Waals surface area contributed by atoms with Gasteiger partial charge in [-0.2, -0.15) is 0 Å². The standard InChI is InChI=1S/C42H48N5O7P/c1-29(45-42(51)54-27-32-18-9-4-10-19-32)40(49)47-38(24-31-16-7-3-8-17-31)55(52,53)28-33(21-13-20-30-14-5-2-6-15-30)41(50)46-37(39(43)48)25-34-26-44-36-23-12-11-22-35(34)36/h2-12,14-19,22-23,26,29,33,37-38,44H,13,20-21,24-25,27-28H2,1H3,(H2,43,48)(H,45,51)(H,46,50)(H,47,49)(H,52,53)/t29-,33?,37?,38?/m0/s1. The fraction of sp³-hybridized carbons (Fsp3) is 0.286. The number of hydrogen-bond donors (Lipinski definition) is 6. The van der Waals surface area contributed by atoms with E-state index >= 15 is 0 Å². The third-order valence-electron chi connectivity index (χ3n) is 9.48. The maximum Gasteiger partial charge on any atom is 0.408 e. The highest BCUT2D eigenvalue weighted by Crippen LogP contribution is 2.49. The molecule has 5 aromatic rings. The van der Waals surface area contributed by atoms with Gasteiger partial charge in [0.1, 0.15) is 24.5 Å². The largest absolute Gasteiger partial charge is 0.445 e. The summed E-state index contributed by atoms with van der Waals surface area (Å²) in [6.07, 6.45) is 1.90. The highest BCUT2D eigenvalue weighted by atomic mass is 31.2. The molecule has 0 saturated carbocycles. The van der Waals surface area contributed by atoms with Crippen molar-refractivity contribution in [1.82, 2.24) is 20.9 Å². The molecule has 5 rings (SSSR count). The number of aromatic nitrogens is 1. The molecule has 55 heavy (non-hydrogen) atoms. The molecule has 13 heteroatoms. The topological polar surface area (TPSA) is 193 Å². The Labute approximate surface area is 320 Å². The van der Waals surface area contributed by atoms with Gasteiger partial charge in [0.05, 0.1) is 0 Å². The van der Waals surface area contributed by atoms with Crippen LogP contribution in [0.15, 0.2) is 121 Å². The summed E-state index contributed by atoms with van der Waals surface area (Å²) in [5.41, 5.74) is 9.94. The quantitative estimate of drug-likeness (QED) is 0.0590. The zero-order valence-corrected chi connectivity index (χ0v) is 31.6. The number of aromatic amines is 1.